The first-order valence-corrected chi connectivity index (χ1v) is 7.46. The van der Waals surface area contributed by atoms with Crippen molar-refractivity contribution in [2.45, 2.75) is 19.5 Å². The molecule has 2 aromatic rings. The highest BCUT2D eigenvalue weighted by atomic mass is 79.9. The molecular weight excluding hydrogens is 372 g/mol. The van der Waals surface area contributed by atoms with Crippen LogP contribution in [0.25, 0.3) is 0 Å². The molecular formula is C14H14Br2N2O. The fourth-order valence-corrected chi connectivity index (χ4v) is 3.04. The Balaban J connectivity index is 2.03. The molecule has 3 nitrogen and oxygen atoms in total. The van der Waals surface area contributed by atoms with E-state index in [4.69, 9.17) is 0 Å². The molecule has 0 aliphatic rings. The topological polar surface area (TPSA) is 45.1 Å². The third-order valence-electron chi connectivity index (χ3n) is 2.90. The standard InChI is InChI=1S/C14H14Br2N2O/c1-9(11-2-4-17-5-3-11)18-8-10-6-12(15)14(19)13(16)7-10/h2-7,9,18-19H,8H2,1H3/t9-/m0/s1. The van der Waals surface area contributed by atoms with Gasteiger partial charge in [-0.3, -0.25) is 4.98 Å². The highest BCUT2D eigenvalue weighted by molar-refractivity contribution is 9.11. The fraction of sp³-hybridized carbons (Fsp3) is 0.214. The molecule has 0 fully saturated rings. The lowest BCUT2D eigenvalue weighted by atomic mass is 10.1. The third kappa shape index (κ3) is 3.78. The summed E-state index contributed by atoms with van der Waals surface area (Å²) in [6, 6.07) is 8.06. The van der Waals surface area contributed by atoms with Crippen molar-refractivity contribution < 1.29 is 5.11 Å². The average molecular weight is 386 g/mol. The van der Waals surface area contributed by atoms with Gasteiger partial charge in [0, 0.05) is 25.0 Å². The summed E-state index contributed by atoms with van der Waals surface area (Å²) in [5.41, 5.74) is 2.30. The molecule has 0 amide bonds. The first kappa shape index (κ1) is 14.5. The van der Waals surface area contributed by atoms with Gasteiger partial charge in [-0.2, -0.15) is 0 Å². The SMILES string of the molecule is C[C@H](NCc1cc(Br)c(O)c(Br)c1)c1ccncc1. The summed E-state index contributed by atoms with van der Waals surface area (Å²) in [4.78, 5) is 4.01. The van der Waals surface area contributed by atoms with E-state index in [1.54, 1.807) is 12.4 Å². The maximum absolute atomic E-state index is 9.67. The molecule has 1 aromatic heterocycles. The summed E-state index contributed by atoms with van der Waals surface area (Å²) in [5.74, 6) is 0.228. The maximum atomic E-state index is 9.67. The van der Waals surface area contributed by atoms with Crippen LogP contribution in [0.15, 0.2) is 45.6 Å². The van der Waals surface area contributed by atoms with Gasteiger partial charge in [0.05, 0.1) is 8.95 Å². The Labute approximate surface area is 129 Å². The van der Waals surface area contributed by atoms with E-state index in [0.29, 0.717) is 8.95 Å². The van der Waals surface area contributed by atoms with Crippen LogP contribution in [0.3, 0.4) is 0 Å². The molecule has 0 saturated heterocycles. The molecule has 1 atom stereocenters. The number of nitrogens with zero attached hydrogens (tertiary/aromatic N) is 1. The molecule has 1 heterocycles. The van der Waals surface area contributed by atoms with Crippen LogP contribution in [0.4, 0.5) is 0 Å². The van der Waals surface area contributed by atoms with Gasteiger partial charge in [-0.1, -0.05) is 0 Å². The van der Waals surface area contributed by atoms with Gasteiger partial charge in [0.1, 0.15) is 5.75 Å². The normalized spacial score (nSPS) is 12.4. The van der Waals surface area contributed by atoms with Crippen LogP contribution in [0, 0.1) is 0 Å². The van der Waals surface area contributed by atoms with Crippen molar-refractivity contribution in [2.75, 3.05) is 0 Å². The number of phenolic OH excluding ortho intramolecular Hbond substituents is 1. The summed E-state index contributed by atoms with van der Waals surface area (Å²) in [6.45, 7) is 2.83. The molecule has 0 saturated carbocycles. The smallest absolute Gasteiger partial charge is 0.143 e. The van der Waals surface area contributed by atoms with Crippen LogP contribution in [0.2, 0.25) is 0 Å². The largest absolute Gasteiger partial charge is 0.506 e. The minimum absolute atomic E-state index is 0.228. The van der Waals surface area contributed by atoms with E-state index in [1.807, 2.05) is 24.3 Å². The van der Waals surface area contributed by atoms with Crippen molar-refractivity contribution in [1.82, 2.24) is 10.3 Å². The van der Waals surface area contributed by atoms with E-state index >= 15 is 0 Å². The van der Waals surface area contributed by atoms with Gasteiger partial charge >= 0.3 is 0 Å². The predicted molar refractivity (Wildman–Crippen MR) is 83.0 cm³/mol. The zero-order valence-electron chi connectivity index (χ0n) is 10.4. The fourth-order valence-electron chi connectivity index (χ4n) is 1.76. The zero-order chi connectivity index (χ0) is 13.8. The predicted octanol–water partition coefficient (Wildman–Crippen LogP) is 4.16. The van der Waals surface area contributed by atoms with Gasteiger partial charge in [0.2, 0.25) is 0 Å². The van der Waals surface area contributed by atoms with Crippen LogP contribution in [0.1, 0.15) is 24.1 Å². The summed E-state index contributed by atoms with van der Waals surface area (Å²) in [5, 5.41) is 13.1. The lowest BCUT2D eigenvalue weighted by Crippen LogP contribution is -2.18. The van der Waals surface area contributed by atoms with Crippen LogP contribution in [0.5, 0.6) is 5.75 Å². The molecule has 0 radical (unpaired) electrons. The van der Waals surface area contributed by atoms with E-state index in [2.05, 4.69) is 49.1 Å². The zero-order valence-corrected chi connectivity index (χ0v) is 13.6. The highest BCUT2D eigenvalue weighted by Gasteiger charge is 2.08. The van der Waals surface area contributed by atoms with Crippen LogP contribution < -0.4 is 5.32 Å². The number of rotatable bonds is 4. The van der Waals surface area contributed by atoms with E-state index in [9.17, 15) is 5.11 Å². The number of aromatic hydroxyl groups is 1. The van der Waals surface area contributed by atoms with Crippen LogP contribution >= 0.6 is 31.9 Å². The molecule has 0 spiro atoms. The number of hydrogen-bond donors (Lipinski definition) is 2. The summed E-state index contributed by atoms with van der Waals surface area (Å²) < 4.78 is 1.38. The van der Waals surface area contributed by atoms with Crippen molar-refractivity contribution in [1.29, 1.82) is 0 Å². The number of benzene rings is 1. The van der Waals surface area contributed by atoms with E-state index in [1.165, 1.54) is 5.56 Å². The number of hydrogen-bond acceptors (Lipinski definition) is 3. The lowest BCUT2D eigenvalue weighted by Gasteiger charge is -2.14. The second kappa shape index (κ2) is 6.50. The Kier molecular flexibility index (Phi) is 4.96. The van der Waals surface area contributed by atoms with Gasteiger partial charge in [-0.15, -0.1) is 0 Å². The number of pyridine rings is 1. The molecule has 2 rings (SSSR count). The number of halogens is 2. The Morgan fingerprint density at radius 1 is 1.21 bits per heavy atom. The second-order valence-electron chi connectivity index (χ2n) is 4.29. The molecule has 0 aliphatic carbocycles. The summed E-state index contributed by atoms with van der Waals surface area (Å²) in [7, 11) is 0. The third-order valence-corrected chi connectivity index (χ3v) is 4.10. The van der Waals surface area contributed by atoms with Crippen molar-refractivity contribution in [3.63, 3.8) is 0 Å². The van der Waals surface area contributed by atoms with Crippen LogP contribution in [-0.4, -0.2) is 10.1 Å². The number of nitrogens with one attached hydrogen (secondary N) is 1. The first-order valence-electron chi connectivity index (χ1n) is 5.88. The second-order valence-corrected chi connectivity index (χ2v) is 6.00. The first-order chi connectivity index (χ1) is 9.08. The van der Waals surface area contributed by atoms with Gasteiger partial charge in [0.25, 0.3) is 0 Å². The van der Waals surface area contributed by atoms with E-state index in [-0.39, 0.29) is 11.8 Å². The molecule has 19 heavy (non-hydrogen) atoms. The quantitative estimate of drug-likeness (QED) is 0.830. The number of phenols is 1. The molecule has 100 valence electrons. The molecule has 1 aromatic carbocycles. The van der Waals surface area contributed by atoms with Gasteiger partial charge in [-0.05, 0) is 74.2 Å². The van der Waals surface area contributed by atoms with E-state index < -0.39 is 0 Å². The molecule has 0 aliphatic heterocycles. The summed E-state index contributed by atoms with van der Waals surface area (Å²) in [6.07, 6.45) is 3.59. The molecule has 5 heteroatoms. The minimum Gasteiger partial charge on any atom is -0.506 e. The Bertz CT molecular complexity index is 538. The minimum atomic E-state index is 0.228. The van der Waals surface area contributed by atoms with E-state index in [0.717, 1.165) is 12.1 Å². The van der Waals surface area contributed by atoms with Crippen molar-refractivity contribution >= 4 is 31.9 Å². The molecule has 2 N–H and O–H groups in total. The van der Waals surface area contributed by atoms with Crippen LogP contribution in [-0.2, 0) is 6.54 Å². The average Bonchev–Trinajstić information content (AvgIpc) is 2.43. The van der Waals surface area contributed by atoms with Gasteiger partial charge in [0.15, 0.2) is 0 Å². The van der Waals surface area contributed by atoms with Crippen molar-refractivity contribution in [2.24, 2.45) is 0 Å². The maximum Gasteiger partial charge on any atom is 0.143 e. The molecule has 0 bridgehead atoms. The van der Waals surface area contributed by atoms with Gasteiger partial charge in [-0.25, -0.2) is 0 Å². The monoisotopic (exact) mass is 384 g/mol. The Hall–Kier alpha value is -0.910. The van der Waals surface area contributed by atoms with Gasteiger partial charge < -0.3 is 10.4 Å². The highest BCUT2D eigenvalue weighted by Crippen LogP contribution is 2.33. The lowest BCUT2D eigenvalue weighted by molar-refractivity contribution is 0.467. The Morgan fingerprint density at radius 2 is 1.79 bits per heavy atom. The molecule has 0 unspecified atom stereocenters. The van der Waals surface area contributed by atoms with Crippen molar-refractivity contribution in [3.8, 4) is 5.75 Å². The number of aromatic nitrogens is 1. The van der Waals surface area contributed by atoms with Crippen molar-refractivity contribution in [3.05, 3.63) is 56.7 Å². The summed E-state index contributed by atoms with van der Waals surface area (Å²) >= 11 is 6.67. The Morgan fingerprint density at radius 3 is 2.37 bits per heavy atom.